The van der Waals surface area contributed by atoms with Crippen LogP contribution in [0.1, 0.15) is 23.9 Å². The molecule has 3 heterocycles. The summed E-state index contributed by atoms with van der Waals surface area (Å²) in [7, 11) is 2.05. The number of nitrogens with one attached hydrogen (secondary N) is 2. The van der Waals surface area contributed by atoms with E-state index < -0.39 is 0 Å². The van der Waals surface area contributed by atoms with E-state index in [0.717, 1.165) is 13.0 Å². The molecule has 1 aliphatic rings. The largest absolute Gasteiger partial charge is 0.459 e. The molecule has 1 aromatic carbocycles. The Kier molecular flexibility index (Phi) is 4.60. The Labute approximate surface area is 146 Å². The zero-order valence-electron chi connectivity index (χ0n) is 14.1. The predicted molar refractivity (Wildman–Crippen MR) is 92.2 cm³/mol. The lowest BCUT2D eigenvalue weighted by atomic mass is 10.0. The highest BCUT2D eigenvalue weighted by Crippen LogP contribution is 2.22. The summed E-state index contributed by atoms with van der Waals surface area (Å²) in [6.45, 7) is 1.48. The molecule has 25 heavy (non-hydrogen) atoms. The summed E-state index contributed by atoms with van der Waals surface area (Å²) in [6, 6.07) is 14.8. The van der Waals surface area contributed by atoms with Gasteiger partial charge in [-0.25, -0.2) is 5.43 Å². The zero-order chi connectivity index (χ0) is 17.1. The smallest absolute Gasteiger partial charge is 0.283 e. The molecule has 130 valence electrons. The number of furan rings is 1. The summed E-state index contributed by atoms with van der Waals surface area (Å²) in [5, 5.41) is 8.13. The standard InChI is InChI=1S/C18H21N5O2/c1-23(12-17-21-22-18(25-17)16-8-5-9-24-16)11-14-10-15(20-19-14)13-6-3-2-4-7-13/h2-9,14-15,19-20H,10-12H2,1H3. The molecule has 0 aliphatic carbocycles. The monoisotopic (exact) mass is 339 g/mol. The molecule has 2 aromatic heterocycles. The third kappa shape index (κ3) is 3.79. The van der Waals surface area contributed by atoms with Gasteiger partial charge in [0.2, 0.25) is 5.89 Å². The highest BCUT2D eigenvalue weighted by atomic mass is 16.4. The first-order chi connectivity index (χ1) is 12.3. The van der Waals surface area contributed by atoms with Crippen LogP contribution in [-0.4, -0.2) is 34.7 Å². The van der Waals surface area contributed by atoms with E-state index in [1.165, 1.54) is 5.56 Å². The van der Waals surface area contributed by atoms with Crippen molar-refractivity contribution in [1.29, 1.82) is 0 Å². The van der Waals surface area contributed by atoms with Gasteiger partial charge in [0.05, 0.1) is 12.8 Å². The molecular formula is C18H21N5O2. The van der Waals surface area contributed by atoms with Crippen LogP contribution in [0.25, 0.3) is 11.7 Å². The molecule has 2 atom stereocenters. The van der Waals surface area contributed by atoms with Crippen molar-refractivity contribution >= 4 is 0 Å². The van der Waals surface area contributed by atoms with Crippen molar-refractivity contribution in [2.75, 3.05) is 13.6 Å². The summed E-state index contributed by atoms with van der Waals surface area (Å²) >= 11 is 0. The lowest BCUT2D eigenvalue weighted by molar-refractivity contribution is 0.262. The highest BCUT2D eigenvalue weighted by molar-refractivity contribution is 5.42. The van der Waals surface area contributed by atoms with Crippen LogP contribution in [0.2, 0.25) is 0 Å². The molecule has 1 saturated heterocycles. The SMILES string of the molecule is CN(Cc1nnc(-c2ccco2)o1)CC1CC(c2ccccc2)NN1. The van der Waals surface area contributed by atoms with E-state index in [0.29, 0.717) is 36.2 Å². The number of benzene rings is 1. The summed E-state index contributed by atoms with van der Waals surface area (Å²) in [4.78, 5) is 2.17. The molecule has 0 amide bonds. The zero-order valence-corrected chi connectivity index (χ0v) is 14.1. The second-order valence-corrected chi connectivity index (χ2v) is 6.36. The van der Waals surface area contributed by atoms with Crippen LogP contribution in [-0.2, 0) is 6.54 Å². The summed E-state index contributed by atoms with van der Waals surface area (Å²) in [5.41, 5.74) is 8.06. The van der Waals surface area contributed by atoms with E-state index in [1.54, 1.807) is 18.4 Å². The van der Waals surface area contributed by atoms with E-state index in [-0.39, 0.29) is 0 Å². The molecule has 7 heteroatoms. The lowest BCUT2D eigenvalue weighted by Gasteiger charge is -2.18. The first kappa shape index (κ1) is 16.0. The molecule has 1 fully saturated rings. The van der Waals surface area contributed by atoms with Gasteiger partial charge >= 0.3 is 0 Å². The number of aromatic nitrogens is 2. The molecule has 0 saturated carbocycles. The molecule has 0 radical (unpaired) electrons. The summed E-state index contributed by atoms with van der Waals surface area (Å²) in [6.07, 6.45) is 2.63. The minimum atomic E-state index is 0.341. The van der Waals surface area contributed by atoms with Crippen LogP contribution >= 0.6 is 0 Å². The van der Waals surface area contributed by atoms with Gasteiger partial charge in [-0.1, -0.05) is 30.3 Å². The van der Waals surface area contributed by atoms with Crippen molar-refractivity contribution in [2.45, 2.75) is 25.0 Å². The molecule has 7 nitrogen and oxygen atoms in total. The van der Waals surface area contributed by atoms with Crippen LogP contribution in [0, 0.1) is 0 Å². The molecule has 0 bridgehead atoms. The Morgan fingerprint density at radius 1 is 1.12 bits per heavy atom. The minimum absolute atomic E-state index is 0.341. The molecule has 4 rings (SSSR count). The number of nitrogens with zero attached hydrogens (tertiary/aromatic N) is 3. The van der Waals surface area contributed by atoms with Gasteiger partial charge in [-0.3, -0.25) is 10.3 Å². The number of hydrogen-bond donors (Lipinski definition) is 2. The number of hydrogen-bond acceptors (Lipinski definition) is 7. The van der Waals surface area contributed by atoms with Crippen molar-refractivity contribution < 1.29 is 8.83 Å². The van der Waals surface area contributed by atoms with Gasteiger partial charge in [0.15, 0.2) is 5.76 Å². The first-order valence-corrected chi connectivity index (χ1v) is 8.39. The lowest BCUT2D eigenvalue weighted by Crippen LogP contribution is -2.38. The highest BCUT2D eigenvalue weighted by Gasteiger charge is 2.26. The number of likely N-dealkylation sites (N-methyl/N-ethyl adjacent to an activating group) is 1. The van der Waals surface area contributed by atoms with Crippen LogP contribution in [0.3, 0.4) is 0 Å². The minimum Gasteiger partial charge on any atom is -0.459 e. The molecular weight excluding hydrogens is 318 g/mol. The number of rotatable bonds is 6. The van der Waals surface area contributed by atoms with Crippen molar-refractivity contribution in [3.63, 3.8) is 0 Å². The van der Waals surface area contributed by atoms with Crippen molar-refractivity contribution in [3.05, 3.63) is 60.2 Å². The Morgan fingerprint density at radius 2 is 2.00 bits per heavy atom. The van der Waals surface area contributed by atoms with Crippen molar-refractivity contribution in [1.82, 2.24) is 25.9 Å². The normalized spacial score (nSPS) is 20.4. The van der Waals surface area contributed by atoms with Gasteiger partial charge in [0, 0.05) is 18.6 Å². The average Bonchev–Trinajstić information content (AvgIpc) is 3.37. The van der Waals surface area contributed by atoms with Gasteiger partial charge in [0.25, 0.3) is 5.89 Å². The second-order valence-electron chi connectivity index (χ2n) is 6.36. The van der Waals surface area contributed by atoms with E-state index in [2.05, 4.69) is 50.2 Å². The van der Waals surface area contributed by atoms with Crippen molar-refractivity contribution in [2.24, 2.45) is 0 Å². The van der Waals surface area contributed by atoms with E-state index in [9.17, 15) is 0 Å². The Hall–Kier alpha value is -2.48. The maximum atomic E-state index is 5.66. The first-order valence-electron chi connectivity index (χ1n) is 8.39. The molecule has 1 aliphatic heterocycles. The molecule has 3 aromatic rings. The number of hydrazine groups is 1. The molecule has 2 unspecified atom stereocenters. The third-order valence-corrected chi connectivity index (χ3v) is 4.32. The Bertz CT molecular complexity index is 787. The van der Waals surface area contributed by atoms with E-state index in [4.69, 9.17) is 8.83 Å². The van der Waals surface area contributed by atoms with Gasteiger partial charge in [-0.15, -0.1) is 10.2 Å². The second kappa shape index (κ2) is 7.18. The van der Waals surface area contributed by atoms with Gasteiger partial charge < -0.3 is 8.83 Å². The van der Waals surface area contributed by atoms with Crippen LogP contribution in [0.5, 0.6) is 0 Å². The third-order valence-electron chi connectivity index (χ3n) is 4.32. The van der Waals surface area contributed by atoms with Gasteiger partial charge in [0.1, 0.15) is 0 Å². The van der Waals surface area contributed by atoms with Crippen LogP contribution < -0.4 is 10.9 Å². The molecule has 0 spiro atoms. The Morgan fingerprint density at radius 3 is 2.80 bits per heavy atom. The van der Waals surface area contributed by atoms with Gasteiger partial charge in [-0.2, -0.15) is 0 Å². The van der Waals surface area contributed by atoms with Crippen LogP contribution in [0.4, 0.5) is 0 Å². The molecule has 2 N–H and O–H groups in total. The topological polar surface area (TPSA) is 79.4 Å². The Balaban J connectivity index is 1.30. The van der Waals surface area contributed by atoms with Gasteiger partial charge in [-0.05, 0) is 31.2 Å². The maximum Gasteiger partial charge on any atom is 0.283 e. The fourth-order valence-electron chi connectivity index (χ4n) is 3.13. The van der Waals surface area contributed by atoms with E-state index >= 15 is 0 Å². The fourth-order valence-corrected chi connectivity index (χ4v) is 3.13. The fraction of sp³-hybridized carbons (Fsp3) is 0.333. The summed E-state index contributed by atoms with van der Waals surface area (Å²) < 4.78 is 10.9. The maximum absolute atomic E-state index is 5.66. The predicted octanol–water partition coefficient (Wildman–Crippen LogP) is 2.37. The summed E-state index contributed by atoms with van der Waals surface area (Å²) in [5.74, 6) is 1.59. The quantitative estimate of drug-likeness (QED) is 0.714. The van der Waals surface area contributed by atoms with E-state index in [1.807, 2.05) is 13.1 Å². The average molecular weight is 339 g/mol. The van der Waals surface area contributed by atoms with Crippen LogP contribution in [0.15, 0.2) is 57.6 Å². The van der Waals surface area contributed by atoms with Crippen molar-refractivity contribution in [3.8, 4) is 11.7 Å².